The summed E-state index contributed by atoms with van der Waals surface area (Å²) in [6.45, 7) is 4.38. The molecule has 1 aliphatic carbocycles. The van der Waals surface area contributed by atoms with E-state index in [0.717, 1.165) is 10.9 Å². The van der Waals surface area contributed by atoms with E-state index in [-0.39, 0.29) is 0 Å². The van der Waals surface area contributed by atoms with Crippen LogP contribution in [0.3, 0.4) is 0 Å². The summed E-state index contributed by atoms with van der Waals surface area (Å²) in [5.74, 6) is 0.966. The maximum absolute atomic E-state index is 6.16. The first kappa shape index (κ1) is 13.7. The number of halogens is 1. The van der Waals surface area contributed by atoms with Gasteiger partial charge in [-0.1, -0.05) is 37.4 Å². The lowest BCUT2D eigenvalue weighted by atomic mass is 9.83. The monoisotopic (exact) mass is 265 g/mol. The molecule has 0 aromatic heterocycles. The van der Waals surface area contributed by atoms with Gasteiger partial charge >= 0.3 is 0 Å². The van der Waals surface area contributed by atoms with E-state index in [4.69, 9.17) is 11.6 Å². The molecule has 1 saturated carbocycles. The van der Waals surface area contributed by atoms with E-state index in [1.54, 1.807) is 0 Å². The van der Waals surface area contributed by atoms with Gasteiger partial charge in [-0.3, -0.25) is 0 Å². The molecule has 0 saturated heterocycles. The molecule has 0 spiro atoms. The first-order chi connectivity index (χ1) is 8.70. The van der Waals surface area contributed by atoms with Gasteiger partial charge in [-0.2, -0.15) is 0 Å². The van der Waals surface area contributed by atoms with Gasteiger partial charge in [0.15, 0.2) is 0 Å². The summed E-state index contributed by atoms with van der Waals surface area (Å²) in [4.78, 5) is 0. The van der Waals surface area contributed by atoms with Gasteiger partial charge in [0.05, 0.1) is 0 Å². The van der Waals surface area contributed by atoms with Crippen LogP contribution in [0.5, 0.6) is 0 Å². The van der Waals surface area contributed by atoms with Gasteiger partial charge in [0.2, 0.25) is 0 Å². The van der Waals surface area contributed by atoms with Crippen LogP contribution in [-0.4, -0.2) is 6.04 Å². The summed E-state index contributed by atoms with van der Waals surface area (Å²) in [6, 6.07) is 6.76. The fourth-order valence-corrected chi connectivity index (χ4v) is 3.16. The van der Waals surface area contributed by atoms with Crippen LogP contribution in [0.25, 0.3) is 0 Å². The van der Waals surface area contributed by atoms with Crippen LogP contribution in [0.2, 0.25) is 5.02 Å². The lowest BCUT2D eigenvalue weighted by molar-refractivity contribution is 0.319. The number of nitrogens with one attached hydrogen (secondary N) is 1. The average molecular weight is 266 g/mol. The van der Waals surface area contributed by atoms with E-state index in [1.807, 2.05) is 12.1 Å². The van der Waals surface area contributed by atoms with Crippen molar-refractivity contribution in [3.8, 4) is 0 Å². The molecule has 0 aliphatic heterocycles. The van der Waals surface area contributed by atoms with Gasteiger partial charge in [0, 0.05) is 16.8 Å². The normalized spacial score (nSPS) is 23.9. The van der Waals surface area contributed by atoms with E-state index in [9.17, 15) is 0 Å². The fourth-order valence-electron chi connectivity index (χ4n) is 2.99. The minimum Gasteiger partial charge on any atom is -0.382 e. The van der Waals surface area contributed by atoms with Crippen LogP contribution in [-0.2, 0) is 0 Å². The van der Waals surface area contributed by atoms with E-state index < -0.39 is 0 Å². The van der Waals surface area contributed by atoms with Crippen molar-refractivity contribution in [1.82, 2.24) is 0 Å². The van der Waals surface area contributed by atoms with Crippen molar-refractivity contribution < 1.29 is 0 Å². The van der Waals surface area contributed by atoms with E-state index >= 15 is 0 Å². The van der Waals surface area contributed by atoms with Crippen LogP contribution in [0.4, 0.5) is 5.69 Å². The smallest absolute Gasteiger partial charge is 0.0455 e. The second-order valence-corrected chi connectivity index (χ2v) is 5.97. The summed E-state index contributed by atoms with van der Waals surface area (Å²) >= 11 is 6.16. The highest BCUT2D eigenvalue weighted by atomic mass is 35.5. The van der Waals surface area contributed by atoms with Crippen LogP contribution < -0.4 is 5.32 Å². The molecule has 1 aliphatic rings. The van der Waals surface area contributed by atoms with Gasteiger partial charge in [0.1, 0.15) is 0 Å². The zero-order valence-corrected chi connectivity index (χ0v) is 12.3. The molecular formula is C16H24ClN. The van der Waals surface area contributed by atoms with Crippen molar-refractivity contribution in [3.63, 3.8) is 0 Å². The highest BCUT2D eigenvalue weighted by Gasteiger charge is 2.20. The molecule has 100 valence electrons. The molecule has 0 amide bonds. The molecule has 1 fully saturated rings. The zero-order valence-electron chi connectivity index (χ0n) is 11.5. The maximum atomic E-state index is 6.16. The van der Waals surface area contributed by atoms with E-state index in [2.05, 4.69) is 25.2 Å². The van der Waals surface area contributed by atoms with Crippen LogP contribution in [0, 0.1) is 12.8 Å². The third-order valence-corrected chi connectivity index (χ3v) is 4.58. The number of anilines is 1. The van der Waals surface area contributed by atoms with Crippen molar-refractivity contribution in [2.75, 3.05) is 5.32 Å². The molecule has 0 bridgehead atoms. The Morgan fingerprint density at radius 3 is 2.61 bits per heavy atom. The van der Waals surface area contributed by atoms with Gasteiger partial charge in [-0.25, -0.2) is 0 Å². The summed E-state index contributed by atoms with van der Waals surface area (Å²) in [5, 5.41) is 4.53. The first-order valence-electron chi connectivity index (χ1n) is 7.22. The molecule has 0 radical (unpaired) electrons. The molecule has 2 heteroatoms. The average Bonchev–Trinajstić information content (AvgIpc) is 2.38. The third-order valence-electron chi connectivity index (χ3n) is 4.17. The SMILES string of the molecule is CCCC1CCC(Nc2cccc(Cl)c2C)CC1. The Morgan fingerprint density at radius 2 is 1.94 bits per heavy atom. The minimum atomic E-state index is 0.635. The Balaban J connectivity index is 1.90. The highest BCUT2D eigenvalue weighted by Crippen LogP contribution is 2.31. The lowest BCUT2D eigenvalue weighted by Gasteiger charge is -2.30. The van der Waals surface area contributed by atoms with Crippen LogP contribution in [0.1, 0.15) is 51.0 Å². The van der Waals surface area contributed by atoms with E-state index in [1.165, 1.54) is 49.8 Å². The molecule has 2 rings (SSSR count). The zero-order chi connectivity index (χ0) is 13.0. The van der Waals surface area contributed by atoms with Crippen LogP contribution >= 0.6 is 11.6 Å². The summed E-state index contributed by atoms with van der Waals surface area (Å²) in [7, 11) is 0. The number of benzene rings is 1. The minimum absolute atomic E-state index is 0.635. The lowest BCUT2D eigenvalue weighted by Crippen LogP contribution is -2.26. The molecule has 1 nitrogen and oxygen atoms in total. The van der Waals surface area contributed by atoms with Gasteiger partial charge in [0.25, 0.3) is 0 Å². The maximum Gasteiger partial charge on any atom is 0.0455 e. The summed E-state index contributed by atoms with van der Waals surface area (Å²) in [5.41, 5.74) is 2.39. The predicted octanol–water partition coefficient (Wildman–Crippen LogP) is 5.42. The first-order valence-corrected chi connectivity index (χ1v) is 7.60. The Bertz CT molecular complexity index is 381. The van der Waals surface area contributed by atoms with Gasteiger partial charge in [-0.05, 0) is 56.2 Å². The van der Waals surface area contributed by atoms with Gasteiger partial charge in [-0.15, -0.1) is 0 Å². The molecule has 1 aromatic rings. The van der Waals surface area contributed by atoms with E-state index in [0.29, 0.717) is 6.04 Å². The fraction of sp³-hybridized carbons (Fsp3) is 0.625. The topological polar surface area (TPSA) is 12.0 Å². The second-order valence-electron chi connectivity index (χ2n) is 5.56. The molecule has 18 heavy (non-hydrogen) atoms. The molecule has 1 aromatic carbocycles. The Hall–Kier alpha value is -0.690. The highest BCUT2D eigenvalue weighted by molar-refractivity contribution is 6.31. The second kappa shape index (κ2) is 6.47. The number of hydrogen-bond acceptors (Lipinski definition) is 1. The standard InChI is InChI=1S/C16H24ClN/c1-3-5-13-8-10-14(11-9-13)18-16-7-4-6-15(17)12(16)2/h4,6-7,13-14,18H,3,5,8-11H2,1-2H3. The summed E-state index contributed by atoms with van der Waals surface area (Å²) < 4.78 is 0. The molecular weight excluding hydrogens is 242 g/mol. The quantitative estimate of drug-likeness (QED) is 0.767. The van der Waals surface area contributed by atoms with Crippen molar-refractivity contribution >= 4 is 17.3 Å². The predicted molar refractivity (Wildman–Crippen MR) is 80.5 cm³/mol. The molecule has 0 heterocycles. The Morgan fingerprint density at radius 1 is 1.22 bits per heavy atom. The van der Waals surface area contributed by atoms with Crippen molar-refractivity contribution in [2.24, 2.45) is 5.92 Å². The Kier molecular flexibility index (Phi) is 4.94. The van der Waals surface area contributed by atoms with Crippen molar-refractivity contribution in [1.29, 1.82) is 0 Å². The van der Waals surface area contributed by atoms with Crippen molar-refractivity contribution in [2.45, 2.75) is 58.4 Å². The van der Waals surface area contributed by atoms with Gasteiger partial charge < -0.3 is 5.32 Å². The molecule has 0 atom stereocenters. The van der Waals surface area contributed by atoms with Crippen LogP contribution in [0.15, 0.2) is 18.2 Å². The summed E-state index contributed by atoms with van der Waals surface area (Å²) in [6.07, 6.45) is 8.10. The largest absolute Gasteiger partial charge is 0.382 e. The number of hydrogen-bond donors (Lipinski definition) is 1. The molecule has 1 N–H and O–H groups in total. The molecule has 0 unspecified atom stereocenters. The third kappa shape index (κ3) is 3.41. The van der Waals surface area contributed by atoms with Crippen molar-refractivity contribution in [3.05, 3.63) is 28.8 Å². The number of rotatable bonds is 4. The Labute approximate surface area is 116 Å².